The minimum atomic E-state index is -0.395. The third-order valence-corrected chi connectivity index (χ3v) is 6.07. The van der Waals surface area contributed by atoms with Gasteiger partial charge < -0.3 is 20.5 Å². The molecule has 1 aromatic carbocycles. The fraction of sp³-hybridized carbons (Fsp3) is 0.391. The van der Waals surface area contributed by atoms with Crippen molar-refractivity contribution >= 4 is 34.8 Å². The molecule has 0 saturated carbocycles. The average molecular weight is 426 g/mol. The zero-order valence-corrected chi connectivity index (χ0v) is 18.1. The van der Waals surface area contributed by atoms with Crippen molar-refractivity contribution in [3.63, 3.8) is 0 Å². The maximum Gasteiger partial charge on any atom is 0.256 e. The molecule has 2 amide bonds. The molecule has 0 spiro atoms. The second-order valence-electron chi connectivity index (χ2n) is 8.12. The Bertz CT molecular complexity index is 1050. The molecule has 0 bridgehead atoms. The first-order valence-electron chi connectivity index (χ1n) is 10.6. The van der Waals surface area contributed by atoms with Gasteiger partial charge in [0.25, 0.3) is 5.91 Å². The first kappa shape index (κ1) is 21.3. The molecule has 2 aliphatic rings. The number of nitrogens with one attached hydrogen (secondary N) is 3. The van der Waals surface area contributed by atoms with Crippen LogP contribution in [0.4, 0.5) is 15.8 Å². The van der Waals surface area contributed by atoms with E-state index in [0.29, 0.717) is 29.1 Å². The second kappa shape index (κ2) is 8.64. The van der Waals surface area contributed by atoms with Gasteiger partial charge >= 0.3 is 0 Å². The Hall–Kier alpha value is -2.97. The van der Waals surface area contributed by atoms with E-state index >= 15 is 0 Å². The molecule has 1 fully saturated rings. The van der Waals surface area contributed by atoms with Gasteiger partial charge in [-0.05, 0) is 50.2 Å². The molecule has 2 aliphatic heterocycles. The maximum absolute atomic E-state index is 13.7. The van der Waals surface area contributed by atoms with E-state index < -0.39 is 5.82 Å². The van der Waals surface area contributed by atoms with Gasteiger partial charge in [0.15, 0.2) is 0 Å². The van der Waals surface area contributed by atoms with Crippen molar-refractivity contribution in [3.8, 4) is 0 Å². The van der Waals surface area contributed by atoms with E-state index in [1.54, 1.807) is 12.1 Å². The van der Waals surface area contributed by atoms with Crippen LogP contribution in [0.1, 0.15) is 29.4 Å². The van der Waals surface area contributed by atoms with Gasteiger partial charge in [-0.1, -0.05) is 6.92 Å². The van der Waals surface area contributed by atoms with Crippen molar-refractivity contribution in [3.05, 3.63) is 46.5 Å². The minimum Gasteiger partial charge on any atom is -0.357 e. The lowest BCUT2D eigenvalue weighted by molar-refractivity contribution is -0.117. The summed E-state index contributed by atoms with van der Waals surface area (Å²) in [6, 6.07) is 4.23. The summed E-state index contributed by atoms with van der Waals surface area (Å²) in [5.41, 5.74) is 4.61. The van der Waals surface area contributed by atoms with Crippen LogP contribution in [0.25, 0.3) is 11.6 Å². The van der Waals surface area contributed by atoms with Crippen molar-refractivity contribution in [2.75, 3.05) is 49.9 Å². The highest BCUT2D eigenvalue weighted by Crippen LogP contribution is 2.35. The van der Waals surface area contributed by atoms with Crippen molar-refractivity contribution in [2.24, 2.45) is 0 Å². The van der Waals surface area contributed by atoms with E-state index in [2.05, 4.69) is 32.3 Å². The Morgan fingerprint density at radius 1 is 1.19 bits per heavy atom. The molecule has 8 heteroatoms. The Morgan fingerprint density at radius 3 is 2.61 bits per heavy atom. The van der Waals surface area contributed by atoms with Crippen LogP contribution >= 0.6 is 0 Å². The number of hydrogen-bond donors (Lipinski definition) is 3. The highest BCUT2D eigenvalue weighted by atomic mass is 19.1. The summed E-state index contributed by atoms with van der Waals surface area (Å²) in [5, 5.41) is 5.77. The highest BCUT2D eigenvalue weighted by Gasteiger charge is 2.26. The van der Waals surface area contributed by atoms with Crippen LogP contribution in [0, 0.1) is 19.7 Å². The van der Waals surface area contributed by atoms with Crippen LogP contribution in [0.5, 0.6) is 0 Å². The lowest BCUT2D eigenvalue weighted by atomic mass is 10.0. The number of benzene rings is 1. The molecule has 0 radical (unpaired) electrons. The molecule has 1 aromatic heterocycles. The Balaban J connectivity index is 1.50. The van der Waals surface area contributed by atoms with Gasteiger partial charge in [-0.15, -0.1) is 0 Å². The standard InChI is InChI=1S/C23H28FN5O2/c1-4-28-7-9-29(10-8-28)13-21(30)27-22-14(2)20(25-15(22)3)12-18-17-11-16(24)5-6-19(17)26-23(18)31/h5-6,11-12,25H,4,7-10,13H2,1-3H3,(H,26,31)(H,27,30)/b18-12-. The van der Waals surface area contributed by atoms with Crippen molar-refractivity contribution in [1.29, 1.82) is 0 Å². The molecule has 2 aromatic rings. The number of fused-ring (bicyclic) bond motifs is 1. The van der Waals surface area contributed by atoms with E-state index in [0.717, 1.165) is 49.7 Å². The number of H-pyrrole nitrogens is 1. The van der Waals surface area contributed by atoms with E-state index in [1.807, 2.05) is 13.8 Å². The lowest BCUT2D eigenvalue weighted by Crippen LogP contribution is -2.48. The summed E-state index contributed by atoms with van der Waals surface area (Å²) in [5.74, 6) is -0.724. The number of aromatic amines is 1. The number of halogens is 1. The van der Waals surface area contributed by atoms with Crippen molar-refractivity contribution < 1.29 is 14.0 Å². The number of likely N-dealkylation sites (N-methyl/N-ethyl adjacent to an activating group) is 1. The van der Waals surface area contributed by atoms with E-state index in [4.69, 9.17) is 0 Å². The summed E-state index contributed by atoms with van der Waals surface area (Å²) in [4.78, 5) is 32.8. The normalized spacial score (nSPS) is 18.3. The molecule has 0 aliphatic carbocycles. The molecule has 0 unspecified atom stereocenters. The monoisotopic (exact) mass is 425 g/mol. The van der Waals surface area contributed by atoms with Gasteiger partial charge in [-0.25, -0.2) is 4.39 Å². The number of piperazine rings is 1. The van der Waals surface area contributed by atoms with Gasteiger partial charge in [-0.3, -0.25) is 14.5 Å². The SMILES string of the molecule is CCN1CCN(CC(=O)Nc2c(C)[nH]c(/C=C3\C(=O)Nc4ccc(F)cc43)c2C)CC1. The molecule has 3 N–H and O–H groups in total. The number of aromatic nitrogens is 1. The predicted octanol–water partition coefficient (Wildman–Crippen LogP) is 2.84. The van der Waals surface area contributed by atoms with Crippen LogP contribution in [0.3, 0.4) is 0 Å². The van der Waals surface area contributed by atoms with E-state index in [1.165, 1.54) is 12.1 Å². The number of aryl methyl sites for hydroxylation is 1. The third-order valence-electron chi connectivity index (χ3n) is 6.07. The first-order valence-corrected chi connectivity index (χ1v) is 10.6. The fourth-order valence-corrected chi connectivity index (χ4v) is 4.20. The van der Waals surface area contributed by atoms with Gasteiger partial charge in [0.05, 0.1) is 17.8 Å². The number of rotatable bonds is 5. The van der Waals surface area contributed by atoms with Gasteiger partial charge in [-0.2, -0.15) is 0 Å². The quantitative estimate of drug-likeness (QED) is 0.644. The number of anilines is 2. The summed E-state index contributed by atoms with van der Waals surface area (Å²) < 4.78 is 13.7. The number of hydrogen-bond acceptors (Lipinski definition) is 4. The second-order valence-corrected chi connectivity index (χ2v) is 8.12. The zero-order valence-electron chi connectivity index (χ0n) is 18.1. The average Bonchev–Trinajstić information content (AvgIpc) is 3.19. The molecule has 1 saturated heterocycles. The topological polar surface area (TPSA) is 80.5 Å². The minimum absolute atomic E-state index is 0.0552. The maximum atomic E-state index is 13.7. The van der Waals surface area contributed by atoms with Crippen LogP contribution in [-0.4, -0.2) is 65.9 Å². The number of amides is 2. The number of carbonyl (C=O) groups excluding carboxylic acids is 2. The van der Waals surface area contributed by atoms with Crippen molar-refractivity contribution in [2.45, 2.75) is 20.8 Å². The Labute approximate surface area is 181 Å². The Morgan fingerprint density at radius 2 is 1.90 bits per heavy atom. The van der Waals surface area contributed by atoms with Gasteiger partial charge in [0, 0.05) is 48.8 Å². The zero-order chi connectivity index (χ0) is 22.1. The lowest BCUT2D eigenvalue weighted by Gasteiger charge is -2.33. The third kappa shape index (κ3) is 4.40. The smallest absolute Gasteiger partial charge is 0.256 e. The molecule has 31 heavy (non-hydrogen) atoms. The molecule has 0 atom stereocenters. The molecule has 4 rings (SSSR count). The fourth-order valence-electron chi connectivity index (χ4n) is 4.20. The predicted molar refractivity (Wildman–Crippen MR) is 120 cm³/mol. The van der Waals surface area contributed by atoms with Crippen LogP contribution in [-0.2, 0) is 9.59 Å². The molecule has 164 valence electrons. The summed E-state index contributed by atoms with van der Waals surface area (Å²) in [6.07, 6.45) is 1.71. The molecular weight excluding hydrogens is 397 g/mol. The first-order chi connectivity index (χ1) is 14.9. The van der Waals surface area contributed by atoms with Gasteiger partial charge in [0.2, 0.25) is 5.91 Å². The van der Waals surface area contributed by atoms with E-state index in [-0.39, 0.29) is 11.8 Å². The number of carbonyl (C=O) groups is 2. The highest BCUT2D eigenvalue weighted by molar-refractivity contribution is 6.34. The van der Waals surface area contributed by atoms with Gasteiger partial charge in [0.1, 0.15) is 5.82 Å². The Kier molecular flexibility index (Phi) is 5.93. The summed E-state index contributed by atoms with van der Waals surface area (Å²) in [6.45, 7) is 11.0. The van der Waals surface area contributed by atoms with Crippen LogP contribution in [0.15, 0.2) is 18.2 Å². The number of nitrogens with zero attached hydrogens (tertiary/aromatic N) is 2. The molecule has 3 heterocycles. The summed E-state index contributed by atoms with van der Waals surface area (Å²) in [7, 11) is 0. The van der Waals surface area contributed by atoms with Crippen LogP contribution in [0.2, 0.25) is 0 Å². The van der Waals surface area contributed by atoms with E-state index in [9.17, 15) is 14.0 Å². The molecule has 7 nitrogen and oxygen atoms in total. The van der Waals surface area contributed by atoms with Crippen molar-refractivity contribution in [1.82, 2.24) is 14.8 Å². The molecular formula is C23H28FN5O2. The summed E-state index contributed by atoms with van der Waals surface area (Å²) >= 11 is 0. The largest absolute Gasteiger partial charge is 0.357 e. The van der Waals surface area contributed by atoms with Crippen LogP contribution < -0.4 is 10.6 Å².